The standard InChI is InChI=1S/C22H24N2O3/c1-4-5-13-23-21-17-10-8-12-19(26-3)20(17)27-14-15(2)24(21)18-11-7-6-9-16(18)22(23)25/h6-12,14,21H,4-5,13H2,1-3H3. The summed E-state index contributed by atoms with van der Waals surface area (Å²) in [4.78, 5) is 17.5. The summed E-state index contributed by atoms with van der Waals surface area (Å²) in [5, 5.41) is 0. The number of rotatable bonds is 4. The van der Waals surface area contributed by atoms with Crippen LogP contribution in [0.2, 0.25) is 0 Å². The Labute approximate surface area is 159 Å². The van der Waals surface area contributed by atoms with Crippen molar-refractivity contribution >= 4 is 11.6 Å². The highest BCUT2D eigenvalue weighted by Gasteiger charge is 2.41. The van der Waals surface area contributed by atoms with Crippen molar-refractivity contribution in [1.82, 2.24) is 4.90 Å². The average molecular weight is 364 g/mol. The van der Waals surface area contributed by atoms with Crippen LogP contribution in [0.25, 0.3) is 0 Å². The molecule has 0 spiro atoms. The van der Waals surface area contributed by atoms with Crippen molar-refractivity contribution in [3.63, 3.8) is 0 Å². The van der Waals surface area contributed by atoms with E-state index in [2.05, 4.69) is 11.8 Å². The highest BCUT2D eigenvalue weighted by molar-refractivity contribution is 6.02. The first-order chi connectivity index (χ1) is 13.2. The molecule has 0 bridgehead atoms. The number of carbonyl (C=O) groups excluding carboxylic acids is 1. The predicted octanol–water partition coefficient (Wildman–Crippen LogP) is 4.71. The fraction of sp³-hybridized carbons (Fsp3) is 0.318. The molecule has 0 saturated heterocycles. The van der Waals surface area contributed by atoms with Gasteiger partial charge in [-0.3, -0.25) is 4.79 Å². The Hall–Kier alpha value is -2.95. The van der Waals surface area contributed by atoms with Gasteiger partial charge in [-0.1, -0.05) is 37.6 Å². The molecule has 2 heterocycles. The van der Waals surface area contributed by atoms with Crippen LogP contribution in [0.5, 0.6) is 11.5 Å². The molecule has 0 fully saturated rings. The van der Waals surface area contributed by atoms with E-state index in [1.807, 2.05) is 54.3 Å². The molecule has 1 amide bonds. The minimum atomic E-state index is -0.261. The molecule has 1 atom stereocenters. The normalized spacial score (nSPS) is 18.0. The topological polar surface area (TPSA) is 42.0 Å². The monoisotopic (exact) mass is 364 g/mol. The summed E-state index contributed by atoms with van der Waals surface area (Å²) < 4.78 is 11.5. The van der Waals surface area contributed by atoms with Crippen LogP contribution in [0.1, 0.15) is 48.8 Å². The number of unbranched alkanes of at least 4 members (excludes halogenated alkanes) is 1. The van der Waals surface area contributed by atoms with Gasteiger partial charge in [0.2, 0.25) is 0 Å². The van der Waals surface area contributed by atoms with Crippen molar-refractivity contribution in [2.75, 3.05) is 18.6 Å². The molecule has 1 unspecified atom stereocenters. The number of anilines is 1. The zero-order valence-electron chi connectivity index (χ0n) is 15.9. The molecule has 140 valence electrons. The number of benzene rings is 2. The van der Waals surface area contributed by atoms with Gasteiger partial charge in [0.25, 0.3) is 5.91 Å². The number of hydrogen-bond donors (Lipinski definition) is 0. The van der Waals surface area contributed by atoms with Crippen LogP contribution in [0.15, 0.2) is 54.4 Å². The Morgan fingerprint density at radius 3 is 2.74 bits per heavy atom. The van der Waals surface area contributed by atoms with E-state index in [1.165, 1.54) is 0 Å². The van der Waals surface area contributed by atoms with E-state index >= 15 is 0 Å². The molecule has 0 saturated carbocycles. The molecule has 0 N–H and O–H groups in total. The first kappa shape index (κ1) is 17.5. The first-order valence-electron chi connectivity index (χ1n) is 9.37. The van der Waals surface area contributed by atoms with Crippen molar-refractivity contribution in [2.24, 2.45) is 0 Å². The van der Waals surface area contributed by atoms with Gasteiger partial charge < -0.3 is 19.3 Å². The van der Waals surface area contributed by atoms with Crippen LogP contribution < -0.4 is 14.4 Å². The molecular weight excluding hydrogens is 340 g/mol. The lowest BCUT2D eigenvalue weighted by atomic mass is 9.99. The Balaban J connectivity index is 1.96. The second-order valence-corrected chi connectivity index (χ2v) is 6.87. The summed E-state index contributed by atoms with van der Waals surface area (Å²) in [5.74, 6) is 1.39. The molecule has 5 heteroatoms. The van der Waals surface area contributed by atoms with Crippen molar-refractivity contribution in [3.05, 3.63) is 65.6 Å². The lowest BCUT2D eigenvalue weighted by Crippen LogP contribution is -2.48. The van der Waals surface area contributed by atoms with Crippen molar-refractivity contribution in [1.29, 1.82) is 0 Å². The largest absolute Gasteiger partial charge is 0.493 e. The van der Waals surface area contributed by atoms with Gasteiger partial charge in [0.05, 0.1) is 24.1 Å². The van der Waals surface area contributed by atoms with E-state index < -0.39 is 0 Å². The molecule has 0 radical (unpaired) electrons. The maximum Gasteiger partial charge on any atom is 0.257 e. The number of hydrogen-bond acceptors (Lipinski definition) is 4. The third-order valence-electron chi connectivity index (χ3n) is 5.18. The Morgan fingerprint density at radius 2 is 1.96 bits per heavy atom. The Morgan fingerprint density at radius 1 is 1.15 bits per heavy atom. The quantitative estimate of drug-likeness (QED) is 0.788. The number of para-hydroxylation sites is 2. The van der Waals surface area contributed by atoms with Gasteiger partial charge >= 0.3 is 0 Å². The van der Waals surface area contributed by atoms with E-state index in [0.29, 0.717) is 18.0 Å². The number of methoxy groups -OCH3 is 1. The SMILES string of the molecule is CCCCN1C(=O)c2ccccc2N2C(C)=COc3c(OC)cccc3C12. The van der Waals surface area contributed by atoms with E-state index in [4.69, 9.17) is 9.47 Å². The fourth-order valence-corrected chi connectivity index (χ4v) is 3.87. The summed E-state index contributed by atoms with van der Waals surface area (Å²) in [5.41, 5.74) is 3.51. The van der Waals surface area contributed by atoms with Crippen molar-refractivity contribution in [3.8, 4) is 11.5 Å². The Kier molecular flexibility index (Phi) is 4.52. The molecule has 0 aromatic heterocycles. The molecule has 4 rings (SSSR count). The number of ether oxygens (including phenoxy) is 2. The van der Waals surface area contributed by atoms with Crippen LogP contribution in [0.3, 0.4) is 0 Å². The number of carbonyl (C=O) groups is 1. The molecule has 2 aromatic rings. The van der Waals surface area contributed by atoms with E-state index in [1.54, 1.807) is 13.4 Å². The fourth-order valence-electron chi connectivity index (χ4n) is 3.87. The van der Waals surface area contributed by atoms with Crippen molar-refractivity contribution < 1.29 is 14.3 Å². The average Bonchev–Trinajstić information content (AvgIpc) is 2.85. The smallest absolute Gasteiger partial charge is 0.257 e. The third kappa shape index (κ3) is 2.74. The Bertz CT molecular complexity index is 906. The van der Waals surface area contributed by atoms with Gasteiger partial charge in [-0.15, -0.1) is 0 Å². The van der Waals surface area contributed by atoms with E-state index in [-0.39, 0.29) is 12.1 Å². The van der Waals surface area contributed by atoms with Crippen LogP contribution in [0, 0.1) is 0 Å². The lowest BCUT2D eigenvalue weighted by molar-refractivity contribution is 0.0653. The number of nitrogens with zero attached hydrogens (tertiary/aromatic N) is 2. The molecular formula is C22H24N2O3. The van der Waals surface area contributed by atoms with Crippen LogP contribution in [-0.4, -0.2) is 24.5 Å². The van der Waals surface area contributed by atoms with Gasteiger partial charge in [-0.2, -0.15) is 0 Å². The third-order valence-corrected chi connectivity index (χ3v) is 5.18. The van der Waals surface area contributed by atoms with E-state index in [0.717, 1.165) is 35.4 Å². The number of amides is 1. The predicted molar refractivity (Wildman–Crippen MR) is 105 cm³/mol. The van der Waals surface area contributed by atoms with Crippen LogP contribution in [-0.2, 0) is 0 Å². The molecule has 5 nitrogen and oxygen atoms in total. The van der Waals surface area contributed by atoms with Gasteiger partial charge in [-0.25, -0.2) is 0 Å². The summed E-state index contributed by atoms with van der Waals surface area (Å²) in [6.45, 7) is 4.84. The maximum absolute atomic E-state index is 13.4. The zero-order chi connectivity index (χ0) is 19.0. The van der Waals surface area contributed by atoms with Gasteiger partial charge in [0.15, 0.2) is 11.5 Å². The van der Waals surface area contributed by atoms with E-state index in [9.17, 15) is 4.79 Å². The summed E-state index contributed by atoms with van der Waals surface area (Å²) in [6, 6.07) is 13.6. The second-order valence-electron chi connectivity index (χ2n) is 6.87. The molecule has 2 aromatic carbocycles. The van der Waals surface area contributed by atoms with Crippen LogP contribution >= 0.6 is 0 Å². The molecule has 0 aliphatic carbocycles. The van der Waals surface area contributed by atoms with Crippen LogP contribution in [0.4, 0.5) is 5.69 Å². The highest BCUT2D eigenvalue weighted by Crippen LogP contribution is 2.47. The molecule has 2 aliphatic heterocycles. The number of allylic oxidation sites excluding steroid dienone is 1. The zero-order valence-corrected chi connectivity index (χ0v) is 15.9. The highest BCUT2D eigenvalue weighted by atomic mass is 16.5. The van der Waals surface area contributed by atoms with Gasteiger partial charge in [0.1, 0.15) is 12.4 Å². The number of fused-ring (bicyclic) bond motifs is 5. The van der Waals surface area contributed by atoms with Gasteiger partial charge in [-0.05, 0) is 31.5 Å². The minimum absolute atomic E-state index is 0.0590. The van der Waals surface area contributed by atoms with Gasteiger partial charge in [0, 0.05) is 12.1 Å². The van der Waals surface area contributed by atoms with Crippen molar-refractivity contribution in [2.45, 2.75) is 32.9 Å². The summed E-state index contributed by atoms with van der Waals surface area (Å²) in [6.07, 6.45) is 3.45. The minimum Gasteiger partial charge on any atom is -0.493 e. The molecule has 27 heavy (non-hydrogen) atoms. The second kappa shape index (κ2) is 6.99. The summed E-state index contributed by atoms with van der Waals surface area (Å²) >= 11 is 0. The molecule has 2 aliphatic rings. The lowest BCUT2D eigenvalue weighted by Gasteiger charge is -2.45. The summed E-state index contributed by atoms with van der Waals surface area (Å²) in [7, 11) is 1.63. The maximum atomic E-state index is 13.4. The first-order valence-corrected chi connectivity index (χ1v) is 9.37.